The molecule has 2 atom stereocenters. The minimum absolute atomic E-state index is 0.0486. The van der Waals surface area contributed by atoms with Crippen LogP contribution in [0.3, 0.4) is 0 Å². The zero-order chi connectivity index (χ0) is 16.2. The van der Waals surface area contributed by atoms with Gasteiger partial charge in [0, 0.05) is 19.6 Å². The van der Waals surface area contributed by atoms with Crippen LogP contribution in [-0.4, -0.2) is 55.1 Å². The molecule has 1 saturated heterocycles. The molecule has 0 amide bonds. The van der Waals surface area contributed by atoms with Gasteiger partial charge in [0.25, 0.3) is 0 Å². The van der Waals surface area contributed by atoms with Crippen LogP contribution in [0.4, 0.5) is 13.2 Å². The average Bonchev–Trinajstić information content (AvgIpc) is 2.45. The van der Waals surface area contributed by atoms with E-state index < -0.39 is 17.8 Å². The molecule has 1 aromatic carbocycles. The zero-order valence-corrected chi connectivity index (χ0v) is 12.3. The predicted octanol–water partition coefficient (Wildman–Crippen LogP) is 2.17. The van der Waals surface area contributed by atoms with Crippen molar-refractivity contribution in [3.8, 4) is 5.75 Å². The van der Waals surface area contributed by atoms with Crippen LogP contribution in [0.25, 0.3) is 0 Å². The maximum Gasteiger partial charge on any atom is 0.416 e. The molecule has 0 aromatic heterocycles. The predicted molar refractivity (Wildman–Crippen MR) is 74.8 cm³/mol. The third-order valence-electron chi connectivity index (χ3n) is 3.40. The maximum absolute atomic E-state index is 12.6. The van der Waals surface area contributed by atoms with Gasteiger partial charge in [0.15, 0.2) is 0 Å². The summed E-state index contributed by atoms with van der Waals surface area (Å²) in [6, 6.07) is 4.65. The Bertz CT molecular complexity index is 481. The monoisotopic (exact) mass is 319 g/mol. The Labute approximate surface area is 127 Å². The fourth-order valence-corrected chi connectivity index (χ4v) is 2.36. The molecule has 1 aliphatic heterocycles. The Balaban J connectivity index is 1.82. The molecule has 2 unspecified atom stereocenters. The van der Waals surface area contributed by atoms with Gasteiger partial charge in [-0.3, -0.25) is 4.90 Å². The number of morpholine rings is 1. The standard InChI is InChI=1S/C15H20F3NO3/c1-11-8-19(5-6-21-11)9-13(20)10-22-14-4-2-3-12(7-14)15(16,17)18/h2-4,7,11,13,20H,5-6,8-10H2,1H3. The van der Waals surface area contributed by atoms with Gasteiger partial charge in [-0.25, -0.2) is 0 Å². The molecular formula is C15H20F3NO3. The summed E-state index contributed by atoms with van der Waals surface area (Å²) >= 11 is 0. The molecule has 0 radical (unpaired) electrons. The lowest BCUT2D eigenvalue weighted by Gasteiger charge is -2.32. The Morgan fingerprint density at radius 2 is 2.23 bits per heavy atom. The fraction of sp³-hybridized carbons (Fsp3) is 0.600. The molecule has 0 spiro atoms. The molecule has 4 nitrogen and oxygen atoms in total. The van der Waals surface area contributed by atoms with Crippen molar-refractivity contribution in [3.05, 3.63) is 29.8 Å². The minimum Gasteiger partial charge on any atom is -0.491 e. The lowest BCUT2D eigenvalue weighted by Crippen LogP contribution is -2.45. The van der Waals surface area contributed by atoms with Gasteiger partial charge in [-0.15, -0.1) is 0 Å². The van der Waals surface area contributed by atoms with Gasteiger partial charge in [0.2, 0.25) is 0 Å². The molecule has 0 saturated carbocycles. The maximum atomic E-state index is 12.6. The van der Waals surface area contributed by atoms with Gasteiger partial charge in [-0.1, -0.05) is 6.07 Å². The Morgan fingerprint density at radius 3 is 2.91 bits per heavy atom. The third-order valence-corrected chi connectivity index (χ3v) is 3.40. The van der Waals surface area contributed by atoms with Crippen molar-refractivity contribution in [2.45, 2.75) is 25.3 Å². The molecule has 2 rings (SSSR count). The number of nitrogens with zero attached hydrogens (tertiary/aromatic N) is 1. The van der Waals surface area contributed by atoms with E-state index in [1.165, 1.54) is 12.1 Å². The minimum atomic E-state index is -4.40. The second-order valence-corrected chi connectivity index (χ2v) is 5.43. The van der Waals surface area contributed by atoms with Crippen molar-refractivity contribution < 1.29 is 27.8 Å². The van der Waals surface area contributed by atoms with Crippen molar-refractivity contribution in [3.63, 3.8) is 0 Å². The number of β-amino-alcohol motifs (C(OH)–C–C–N with tert-alkyl or cyclic N) is 1. The molecule has 22 heavy (non-hydrogen) atoms. The molecule has 0 aliphatic carbocycles. The van der Waals surface area contributed by atoms with Crippen LogP contribution >= 0.6 is 0 Å². The fourth-order valence-electron chi connectivity index (χ4n) is 2.36. The summed E-state index contributed by atoms with van der Waals surface area (Å²) in [5.41, 5.74) is -0.763. The first-order valence-electron chi connectivity index (χ1n) is 7.16. The number of alkyl halides is 3. The summed E-state index contributed by atoms with van der Waals surface area (Å²) in [6.45, 7) is 4.38. The number of aliphatic hydroxyl groups is 1. The van der Waals surface area contributed by atoms with Gasteiger partial charge < -0.3 is 14.6 Å². The van der Waals surface area contributed by atoms with Crippen molar-refractivity contribution >= 4 is 0 Å². The summed E-state index contributed by atoms with van der Waals surface area (Å²) in [6.07, 6.45) is -5.05. The van der Waals surface area contributed by atoms with Gasteiger partial charge in [-0.2, -0.15) is 13.2 Å². The Kier molecular flexibility index (Phi) is 5.66. The van der Waals surface area contributed by atoms with Gasteiger partial charge >= 0.3 is 6.18 Å². The first-order chi connectivity index (χ1) is 10.3. The molecule has 7 heteroatoms. The number of ether oxygens (including phenoxy) is 2. The molecule has 1 fully saturated rings. The molecule has 1 aromatic rings. The smallest absolute Gasteiger partial charge is 0.416 e. The molecule has 0 bridgehead atoms. The van der Waals surface area contributed by atoms with E-state index in [0.717, 1.165) is 25.2 Å². The van der Waals surface area contributed by atoms with Crippen LogP contribution in [0.1, 0.15) is 12.5 Å². The normalized spacial score (nSPS) is 21.6. The van der Waals surface area contributed by atoms with Gasteiger partial charge in [0.1, 0.15) is 18.5 Å². The first kappa shape index (κ1) is 17.1. The van der Waals surface area contributed by atoms with Crippen molar-refractivity contribution in [1.82, 2.24) is 4.90 Å². The second kappa shape index (κ2) is 7.30. The second-order valence-electron chi connectivity index (χ2n) is 5.43. The number of hydrogen-bond donors (Lipinski definition) is 1. The SMILES string of the molecule is CC1CN(CC(O)COc2cccc(C(F)(F)F)c2)CCO1. The summed E-state index contributed by atoms with van der Waals surface area (Å²) < 4.78 is 48.4. The molecular weight excluding hydrogens is 299 g/mol. The number of aliphatic hydroxyl groups excluding tert-OH is 1. The van der Waals surface area contributed by atoms with E-state index in [0.29, 0.717) is 13.2 Å². The van der Waals surface area contributed by atoms with Gasteiger partial charge in [0.05, 0.1) is 18.3 Å². The largest absolute Gasteiger partial charge is 0.491 e. The lowest BCUT2D eigenvalue weighted by molar-refractivity contribution is -0.137. The lowest BCUT2D eigenvalue weighted by atomic mass is 10.2. The van der Waals surface area contributed by atoms with Crippen LogP contribution in [-0.2, 0) is 10.9 Å². The highest BCUT2D eigenvalue weighted by atomic mass is 19.4. The van der Waals surface area contributed by atoms with Crippen molar-refractivity contribution in [2.24, 2.45) is 0 Å². The number of hydrogen-bond acceptors (Lipinski definition) is 4. The van der Waals surface area contributed by atoms with Crippen LogP contribution in [0.2, 0.25) is 0 Å². The van der Waals surface area contributed by atoms with E-state index in [1.807, 2.05) is 11.8 Å². The van der Waals surface area contributed by atoms with E-state index >= 15 is 0 Å². The van der Waals surface area contributed by atoms with Crippen molar-refractivity contribution in [2.75, 3.05) is 32.8 Å². The number of halogens is 3. The zero-order valence-electron chi connectivity index (χ0n) is 12.3. The topological polar surface area (TPSA) is 41.9 Å². The Hall–Kier alpha value is -1.31. The van der Waals surface area contributed by atoms with E-state index in [4.69, 9.17) is 9.47 Å². The number of benzene rings is 1. The van der Waals surface area contributed by atoms with Crippen LogP contribution in [0.5, 0.6) is 5.75 Å². The number of rotatable bonds is 5. The average molecular weight is 319 g/mol. The van der Waals surface area contributed by atoms with E-state index in [-0.39, 0.29) is 18.5 Å². The van der Waals surface area contributed by atoms with Crippen LogP contribution in [0.15, 0.2) is 24.3 Å². The van der Waals surface area contributed by atoms with Gasteiger partial charge in [-0.05, 0) is 25.1 Å². The highest BCUT2D eigenvalue weighted by Gasteiger charge is 2.30. The van der Waals surface area contributed by atoms with E-state index in [2.05, 4.69) is 0 Å². The quantitative estimate of drug-likeness (QED) is 0.903. The highest BCUT2D eigenvalue weighted by molar-refractivity contribution is 5.30. The van der Waals surface area contributed by atoms with Crippen molar-refractivity contribution in [1.29, 1.82) is 0 Å². The summed E-state index contributed by atoms with van der Waals surface area (Å²) in [7, 11) is 0. The molecule has 124 valence electrons. The first-order valence-corrected chi connectivity index (χ1v) is 7.16. The molecule has 1 N–H and O–H groups in total. The third kappa shape index (κ3) is 5.15. The van der Waals surface area contributed by atoms with Crippen LogP contribution in [0, 0.1) is 0 Å². The summed E-state index contributed by atoms with van der Waals surface area (Å²) in [4.78, 5) is 2.05. The highest BCUT2D eigenvalue weighted by Crippen LogP contribution is 2.31. The van der Waals surface area contributed by atoms with Crippen LogP contribution < -0.4 is 4.74 Å². The van der Waals surface area contributed by atoms with E-state index in [1.54, 1.807) is 0 Å². The molecule has 1 aliphatic rings. The Morgan fingerprint density at radius 1 is 1.45 bits per heavy atom. The summed E-state index contributed by atoms with van der Waals surface area (Å²) in [5.74, 6) is 0.101. The van der Waals surface area contributed by atoms with E-state index in [9.17, 15) is 18.3 Å². The summed E-state index contributed by atoms with van der Waals surface area (Å²) in [5, 5.41) is 9.95. The molecule has 1 heterocycles.